The summed E-state index contributed by atoms with van der Waals surface area (Å²) in [6.45, 7) is 4.12. The molecule has 0 amide bonds. The van der Waals surface area contributed by atoms with E-state index in [1.807, 2.05) is 33.3 Å². The quantitative estimate of drug-likeness (QED) is 0.0154. The Balaban J connectivity index is 4.53. The standard InChI is InChI=1S/C51H88NO9P/c1-6-8-10-12-14-16-18-20-21-22-23-24-25-26-28-30-32-34-36-38-42-50(54)58-46-49(47-60-62(56,57)59-45-44-52(3,4)5)61-51(55)43-39-41-48(53)40-37-35-33-31-29-27-19-17-15-13-11-9-7-2/h15-18,21-22,24-25,27,29,33,35,37,40,48-49,53H,6-14,19-20,23,26,28,30-32,34,36,38-39,41-47H2,1-5H3/p+1/b17-15-,18-16-,22-21-,25-24-,29-27-,35-33-,40-37+/t48-,49+/m0/s1. The predicted octanol–water partition coefficient (Wildman–Crippen LogP) is 12.9. The fourth-order valence-corrected chi connectivity index (χ4v) is 6.69. The first-order chi connectivity index (χ1) is 29.9. The van der Waals surface area contributed by atoms with E-state index in [1.54, 1.807) is 12.2 Å². The Morgan fingerprint density at radius 2 is 1.06 bits per heavy atom. The maximum Gasteiger partial charge on any atom is 0.472 e. The predicted molar refractivity (Wildman–Crippen MR) is 258 cm³/mol. The van der Waals surface area contributed by atoms with E-state index in [-0.39, 0.29) is 26.1 Å². The van der Waals surface area contributed by atoms with Crippen LogP contribution in [0.5, 0.6) is 0 Å². The summed E-state index contributed by atoms with van der Waals surface area (Å²) in [7, 11) is 1.34. The van der Waals surface area contributed by atoms with Gasteiger partial charge in [0.05, 0.1) is 33.9 Å². The maximum atomic E-state index is 12.7. The molecule has 11 heteroatoms. The molecule has 1 unspecified atom stereocenters. The lowest BCUT2D eigenvalue weighted by Crippen LogP contribution is -2.37. The number of phosphoric ester groups is 1. The van der Waals surface area contributed by atoms with Crippen LogP contribution in [-0.4, -0.2) is 86.1 Å². The Bertz CT molecular complexity index is 1340. The van der Waals surface area contributed by atoms with Crippen LogP contribution in [0, 0.1) is 0 Å². The minimum Gasteiger partial charge on any atom is -0.462 e. The summed E-state index contributed by atoms with van der Waals surface area (Å²) in [5.41, 5.74) is 0. The number of aliphatic hydroxyl groups is 1. The summed E-state index contributed by atoms with van der Waals surface area (Å²) >= 11 is 0. The van der Waals surface area contributed by atoms with Crippen LogP contribution < -0.4 is 0 Å². The van der Waals surface area contributed by atoms with Crippen molar-refractivity contribution in [3.63, 3.8) is 0 Å². The lowest BCUT2D eigenvalue weighted by Gasteiger charge is -2.24. The molecule has 2 N–H and O–H groups in total. The molecule has 0 radical (unpaired) electrons. The van der Waals surface area contributed by atoms with Crippen molar-refractivity contribution in [1.82, 2.24) is 0 Å². The first kappa shape index (κ1) is 59.1. The highest BCUT2D eigenvalue weighted by Crippen LogP contribution is 2.43. The number of hydrogen-bond donors (Lipinski definition) is 2. The van der Waals surface area contributed by atoms with E-state index in [0.717, 1.165) is 70.6 Å². The van der Waals surface area contributed by atoms with Gasteiger partial charge >= 0.3 is 19.8 Å². The number of ether oxygens (including phenoxy) is 2. The van der Waals surface area contributed by atoms with Crippen molar-refractivity contribution in [2.45, 2.75) is 180 Å². The molecule has 0 bridgehead atoms. The minimum absolute atomic E-state index is 0.00482. The van der Waals surface area contributed by atoms with E-state index in [1.165, 1.54) is 51.4 Å². The molecule has 0 aliphatic rings. The summed E-state index contributed by atoms with van der Waals surface area (Å²) in [6, 6.07) is 0. The van der Waals surface area contributed by atoms with Crippen molar-refractivity contribution in [1.29, 1.82) is 0 Å². The number of hydrogen-bond acceptors (Lipinski definition) is 8. The van der Waals surface area contributed by atoms with Crippen LogP contribution in [0.2, 0.25) is 0 Å². The lowest BCUT2D eigenvalue weighted by molar-refractivity contribution is -0.870. The van der Waals surface area contributed by atoms with Gasteiger partial charge in [0, 0.05) is 12.8 Å². The number of allylic oxidation sites excluding steroid dienone is 13. The van der Waals surface area contributed by atoms with Gasteiger partial charge in [0.25, 0.3) is 0 Å². The monoisotopic (exact) mass is 891 g/mol. The van der Waals surface area contributed by atoms with Crippen LogP contribution in [0.25, 0.3) is 0 Å². The number of phosphoric acid groups is 1. The number of unbranched alkanes of at least 4 members (excludes halogenated alkanes) is 13. The summed E-state index contributed by atoms with van der Waals surface area (Å²) in [5, 5.41) is 10.3. The highest BCUT2D eigenvalue weighted by Gasteiger charge is 2.27. The molecule has 0 aromatic carbocycles. The van der Waals surface area contributed by atoms with E-state index in [0.29, 0.717) is 30.3 Å². The van der Waals surface area contributed by atoms with Gasteiger partial charge in [-0.05, 0) is 83.5 Å². The van der Waals surface area contributed by atoms with Crippen molar-refractivity contribution in [2.24, 2.45) is 0 Å². The van der Waals surface area contributed by atoms with Gasteiger partial charge in [0.15, 0.2) is 6.10 Å². The molecule has 0 fully saturated rings. The zero-order valence-corrected chi connectivity index (χ0v) is 40.6. The molecule has 0 aliphatic heterocycles. The van der Waals surface area contributed by atoms with E-state index in [4.69, 9.17) is 18.5 Å². The Morgan fingerprint density at radius 3 is 1.65 bits per heavy atom. The first-order valence-corrected chi connectivity index (χ1v) is 25.4. The van der Waals surface area contributed by atoms with Crippen molar-refractivity contribution < 1.29 is 47.2 Å². The highest BCUT2D eigenvalue weighted by molar-refractivity contribution is 7.47. The smallest absolute Gasteiger partial charge is 0.462 e. The van der Waals surface area contributed by atoms with Crippen molar-refractivity contribution in [2.75, 3.05) is 47.5 Å². The average molecular weight is 891 g/mol. The van der Waals surface area contributed by atoms with Crippen molar-refractivity contribution in [3.05, 3.63) is 85.1 Å². The molecule has 10 nitrogen and oxygen atoms in total. The third-order valence-corrected chi connectivity index (χ3v) is 10.7. The fourth-order valence-electron chi connectivity index (χ4n) is 5.95. The minimum atomic E-state index is -4.44. The average Bonchev–Trinajstić information content (AvgIpc) is 3.22. The molecule has 0 heterocycles. The second-order valence-corrected chi connectivity index (χ2v) is 18.4. The van der Waals surface area contributed by atoms with Crippen LogP contribution in [0.3, 0.4) is 0 Å². The molecule has 0 saturated carbocycles. The Kier molecular flexibility index (Phi) is 40.2. The Hall–Kier alpha value is -2.85. The molecule has 0 spiro atoms. The number of carbonyl (C=O) groups excluding carboxylic acids is 2. The molecule has 0 rings (SSSR count). The number of rotatable bonds is 42. The molecule has 0 saturated heterocycles. The topological polar surface area (TPSA) is 129 Å². The third-order valence-electron chi connectivity index (χ3n) is 9.75. The number of aliphatic hydroxyl groups excluding tert-OH is 1. The van der Waals surface area contributed by atoms with E-state index < -0.39 is 38.6 Å². The zero-order valence-electron chi connectivity index (χ0n) is 39.7. The molecule has 0 aromatic rings. The Labute approximate surface area is 378 Å². The van der Waals surface area contributed by atoms with Gasteiger partial charge in [-0.2, -0.15) is 0 Å². The molecule has 3 atom stereocenters. The van der Waals surface area contributed by atoms with Crippen LogP contribution in [0.1, 0.15) is 168 Å². The number of quaternary nitrogens is 1. The molecular weight excluding hydrogens is 802 g/mol. The maximum absolute atomic E-state index is 12.7. The number of esters is 2. The molecule has 62 heavy (non-hydrogen) atoms. The van der Waals surface area contributed by atoms with Crippen molar-refractivity contribution >= 4 is 19.8 Å². The SMILES string of the molecule is CCCCC/C=C\C/C=C\C/C=C\C=C\[C@H](O)CCCC(=O)O[C@H](COC(=O)CCCCCCCC/C=C\C/C=C\C/C=C\CCCCCC)COP(=O)(O)OCC[N+](C)(C)C. The van der Waals surface area contributed by atoms with Crippen LogP contribution in [-0.2, 0) is 32.7 Å². The first-order valence-electron chi connectivity index (χ1n) is 23.9. The molecule has 0 aliphatic carbocycles. The number of likely N-dealkylation sites (N-methyl/N-ethyl adjacent to an activating group) is 1. The molecular formula is C51H89NO9P+. The van der Waals surface area contributed by atoms with Crippen LogP contribution in [0.4, 0.5) is 0 Å². The van der Waals surface area contributed by atoms with E-state index in [9.17, 15) is 24.2 Å². The summed E-state index contributed by atoms with van der Waals surface area (Å²) in [4.78, 5) is 35.5. The number of carbonyl (C=O) groups is 2. The summed E-state index contributed by atoms with van der Waals surface area (Å²) in [5.74, 6) is -1.02. The summed E-state index contributed by atoms with van der Waals surface area (Å²) in [6.07, 6.45) is 50.9. The number of nitrogens with zero attached hydrogens (tertiary/aromatic N) is 1. The van der Waals surface area contributed by atoms with E-state index in [2.05, 4.69) is 74.6 Å². The van der Waals surface area contributed by atoms with Crippen LogP contribution in [0.15, 0.2) is 85.1 Å². The summed E-state index contributed by atoms with van der Waals surface area (Å²) < 4.78 is 34.2. The second kappa shape index (κ2) is 42.1. The fraction of sp³-hybridized carbons (Fsp3) is 0.686. The van der Waals surface area contributed by atoms with Gasteiger partial charge in [0.2, 0.25) is 0 Å². The van der Waals surface area contributed by atoms with Crippen molar-refractivity contribution in [3.8, 4) is 0 Å². The Morgan fingerprint density at radius 1 is 0.581 bits per heavy atom. The van der Waals surface area contributed by atoms with Crippen LogP contribution >= 0.6 is 7.82 Å². The van der Waals surface area contributed by atoms with Gasteiger partial charge < -0.3 is 24.0 Å². The lowest BCUT2D eigenvalue weighted by atomic mass is 10.1. The van der Waals surface area contributed by atoms with Gasteiger partial charge in [-0.1, -0.05) is 157 Å². The van der Waals surface area contributed by atoms with Gasteiger partial charge in [-0.25, -0.2) is 4.57 Å². The molecule has 0 aromatic heterocycles. The largest absolute Gasteiger partial charge is 0.472 e. The van der Waals surface area contributed by atoms with Gasteiger partial charge in [-0.15, -0.1) is 0 Å². The molecule has 356 valence electrons. The highest BCUT2D eigenvalue weighted by atomic mass is 31.2. The zero-order chi connectivity index (χ0) is 45.8. The van der Waals surface area contributed by atoms with Gasteiger partial charge in [0.1, 0.15) is 19.8 Å². The second-order valence-electron chi connectivity index (χ2n) is 17.0. The third kappa shape index (κ3) is 45.2. The normalized spacial score (nSPS) is 14.8. The van der Waals surface area contributed by atoms with Gasteiger partial charge in [-0.3, -0.25) is 18.6 Å². The van der Waals surface area contributed by atoms with E-state index >= 15 is 0 Å².